The fourth-order valence-corrected chi connectivity index (χ4v) is 2.46. The largest absolute Gasteiger partial charge is 0.261 e. The smallest absolute Gasteiger partial charge is 0.0666 e. The summed E-state index contributed by atoms with van der Waals surface area (Å²) in [5, 5.41) is 6.92. The Bertz CT molecular complexity index is 750. The number of benzene rings is 3. The highest BCUT2D eigenvalue weighted by Gasteiger charge is 2.07. The monoisotopic (exact) mass is 300 g/mol. The van der Waals surface area contributed by atoms with Crippen LogP contribution in [-0.4, -0.2) is 5.71 Å². The van der Waals surface area contributed by atoms with E-state index in [4.69, 9.17) is 5.10 Å². The van der Waals surface area contributed by atoms with E-state index in [1.807, 2.05) is 42.5 Å². The number of hydrogen-bond donors (Lipinski definition) is 0. The highest BCUT2D eigenvalue weighted by atomic mass is 15.5. The first-order valence-electron chi connectivity index (χ1n) is 7.80. The maximum absolute atomic E-state index is 4.86. The molecule has 0 spiro atoms. The maximum atomic E-state index is 4.86. The molecule has 0 bridgehead atoms. The molecular formula is C21H20N2. The highest BCUT2D eigenvalue weighted by Crippen LogP contribution is 2.18. The molecule has 0 unspecified atom stereocenters. The van der Waals surface area contributed by atoms with Gasteiger partial charge >= 0.3 is 0 Å². The molecule has 3 aromatic carbocycles. The molecule has 0 heterocycles. The minimum absolute atomic E-state index is 0.745. The maximum Gasteiger partial charge on any atom is 0.0666 e. The summed E-state index contributed by atoms with van der Waals surface area (Å²) >= 11 is 0. The van der Waals surface area contributed by atoms with Gasteiger partial charge in [0.2, 0.25) is 0 Å². The van der Waals surface area contributed by atoms with Gasteiger partial charge in [0.25, 0.3) is 0 Å². The van der Waals surface area contributed by atoms with Gasteiger partial charge in [0, 0.05) is 0 Å². The van der Waals surface area contributed by atoms with Crippen LogP contribution in [0.1, 0.15) is 18.1 Å². The van der Waals surface area contributed by atoms with E-state index in [0.717, 1.165) is 23.5 Å². The molecule has 114 valence electrons. The zero-order valence-corrected chi connectivity index (χ0v) is 13.3. The van der Waals surface area contributed by atoms with Crippen molar-refractivity contribution in [1.82, 2.24) is 0 Å². The Hall–Kier alpha value is -2.87. The Morgan fingerprint density at radius 3 is 1.87 bits per heavy atom. The van der Waals surface area contributed by atoms with Crippen molar-refractivity contribution < 1.29 is 0 Å². The molecule has 0 N–H and O–H groups in total. The zero-order valence-electron chi connectivity index (χ0n) is 13.3. The van der Waals surface area contributed by atoms with Crippen LogP contribution in [0.4, 0.5) is 5.69 Å². The SMILES string of the molecule is C/C(=N/N(Cc1ccccc1)c1ccccc1)c1ccccc1. The molecule has 0 amide bonds. The third kappa shape index (κ3) is 4.07. The van der Waals surface area contributed by atoms with Gasteiger partial charge in [-0.15, -0.1) is 0 Å². The van der Waals surface area contributed by atoms with Gasteiger partial charge in [-0.2, -0.15) is 5.10 Å². The molecule has 0 atom stereocenters. The molecule has 0 aliphatic heterocycles. The van der Waals surface area contributed by atoms with Crippen LogP contribution in [0.2, 0.25) is 0 Å². The van der Waals surface area contributed by atoms with E-state index >= 15 is 0 Å². The number of hydrogen-bond acceptors (Lipinski definition) is 2. The van der Waals surface area contributed by atoms with Gasteiger partial charge in [-0.3, -0.25) is 5.01 Å². The fraction of sp³-hybridized carbons (Fsp3) is 0.0952. The lowest BCUT2D eigenvalue weighted by Crippen LogP contribution is -2.18. The van der Waals surface area contributed by atoms with Crippen LogP contribution in [0.5, 0.6) is 0 Å². The first-order valence-corrected chi connectivity index (χ1v) is 7.80. The summed E-state index contributed by atoms with van der Waals surface area (Å²) in [6.45, 7) is 2.80. The summed E-state index contributed by atoms with van der Waals surface area (Å²) in [4.78, 5) is 0. The Morgan fingerprint density at radius 2 is 1.26 bits per heavy atom. The van der Waals surface area contributed by atoms with Gasteiger partial charge in [0.05, 0.1) is 17.9 Å². The Labute approximate surface area is 137 Å². The normalized spacial score (nSPS) is 11.3. The summed E-state index contributed by atoms with van der Waals surface area (Å²) in [7, 11) is 0. The predicted octanol–water partition coefficient (Wildman–Crippen LogP) is 5.12. The molecule has 0 radical (unpaired) electrons. The van der Waals surface area contributed by atoms with Crippen molar-refractivity contribution in [2.24, 2.45) is 5.10 Å². The zero-order chi connectivity index (χ0) is 15.9. The Morgan fingerprint density at radius 1 is 0.739 bits per heavy atom. The molecule has 0 saturated carbocycles. The van der Waals surface area contributed by atoms with Gasteiger partial charge in [-0.25, -0.2) is 0 Å². The minimum atomic E-state index is 0.745. The third-order valence-corrected chi connectivity index (χ3v) is 3.69. The molecule has 0 aliphatic rings. The van der Waals surface area contributed by atoms with Gasteiger partial charge in [-0.1, -0.05) is 78.9 Å². The number of para-hydroxylation sites is 1. The van der Waals surface area contributed by atoms with Crippen molar-refractivity contribution in [3.8, 4) is 0 Å². The van der Waals surface area contributed by atoms with Crippen molar-refractivity contribution in [3.05, 3.63) is 102 Å². The molecule has 0 fully saturated rings. The average molecular weight is 300 g/mol. The number of rotatable bonds is 5. The third-order valence-electron chi connectivity index (χ3n) is 3.69. The van der Waals surface area contributed by atoms with E-state index in [-0.39, 0.29) is 0 Å². The van der Waals surface area contributed by atoms with E-state index < -0.39 is 0 Å². The van der Waals surface area contributed by atoms with Gasteiger partial charge in [0.1, 0.15) is 0 Å². The van der Waals surface area contributed by atoms with Crippen molar-refractivity contribution >= 4 is 11.4 Å². The number of anilines is 1. The van der Waals surface area contributed by atoms with E-state index in [2.05, 4.69) is 60.5 Å². The number of hydrazone groups is 1. The fourth-order valence-electron chi connectivity index (χ4n) is 2.46. The summed E-state index contributed by atoms with van der Waals surface area (Å²) in [5.74, 6) is 0. The summed E-state index contributed by atoms with van der Waals surface area (Å²) < 4.78 is 0. The summed E-state index contributed by atoms with van der Waals surface area (Å²) in [5.41, 5.74) is 4.47. The van der Waals surface area contributed by atoms with Crippen molar-refractivity contribution in [1.29, 1.82) is 0 Å². The Kier molecular flexibility index (Phi) is 4.85. The summed E-state index contributed by atoms with van der Waals surface area (Å²) in [6.07, 6.45) is 0. The van der Waals surface area contributed by atoms with Crippen molar-refractivity contribution in [3.63, 3.8) is 0 Å². The second-order valence-corrected chi connectivity index (χ2v) is 5.43. The van der Waals surface area contributed by atoms with Gasteiger partial charge < -0.3 is 0 Å². The van der Waals surface area contributed by atoms with Gasteiger partial charge in [-0.05, 0) is 30.2 Å². The van der Waals surface area contributed by atoms with Crippen LogP contribution in [-0.2, 0) is 6.54 Å². The van der Waals surface area contributed by atoms with E-state index in [9.17, 15) is 0 Å². The Balaban J connectivity index is 1.92. The molecule has 0 aliphatic carbocycles. The molecule has 2 nitrogen and oxygen atoms in total. The number of nitrogens with zero attached hydrogens (tertiary/aromatic N) is 2. The van der Waals surface area contributed by atoms with Crippen molar-refractivity contribution in [2.45, 2.75) is 13.5 Å². The molecule has 2 heteroatoms. The van der Waals surface area contributed by atoms with Crippen molar-refractivity contribution in [2.75, 3.05) is 5.01 Å². The second-order valence-electron chi connectivity index (χ2n) is 5.43. The molecule has 0 aromatic heterocycles. The first-order chi connectivity index (χ1) is 11.3. The van der Waals surface area contributed by atoms with Crippen LogP contribution in [0.25, 0.3) is 0 Å². The second kappa shape index (κ2) is 7.41. The first kappa shape index (κ1) is 15.0. The van der Waals surface area contributed by atoms with E-state index in [0.29, 0.717) is 0 Å². The van der Waals surface area contributed by atoms with E-state index in [1.165, 1.54) is 5.56 Å². The summed E-state index contributed by atoms with van der Waals surface area (Å²) in [6, 6.07) is 31.0. The van der Waals surface area contributed by atoms with Gasteiger partial charge in [0.15, 0.2) is 0 Å². The minimum Gasteiger partial charge on any atom is -0.261 e. The quantitative estimate of drug-likeness (QED) is 0.472. The van der Waals surface area contributed by atoms with Crippen LogP contribution in [0.3, 0.4) is 0 Å². The predicted molar refractivity (Wildman–Crippen MR) is 97.7 cm³/mol. The standard InChI is InChI=1S/C21H20N2/c1-18(20-13-7-3-8-14-20)22-23(21-15-9-4-10-16-21)17-19-11-5-2-6-12-19/h2-16H,17H2,1H3/b22-18-. The van der Waals surface area contributed by atoms with Crippen LogP contribution >= 0.6 is 0 Å². The lowest BCUT2D eigenvalue weighted by Gasteiger charge is -2.20. The molecular weight excluding hydrogens is 280 g/mol. The van der Waals surface area contributed by atoms with Crippen LogP contribution < -0.4 is 5.01 Å². The molecule has 23 heavy (non-hydrogen) atoms. The lowest BCUT2D eigenvalue weighted by molar-refractivity contribution is 0.854. The molecule has 3 aromatic rings. The highest BCUT2D eigenvalue weighted by molar-refractivity contribution is 5.99. The van der Waals surface area contributed by atoms with Crippen LogP contribution in [0, 0.1) is 0 Å². The van der Waals surface area contributed by atoms with Crippen LogP contribution in [0.15, 0.2) is 96.1 Å². The molecule has 0 saturated heterocycles. The average Bonchev–Trinajstić information content (AvgIpc) is 2.63. The lowest BCUT2D eigenvalue weighted by atomic mass is 10.1. The topological polar surface area (TPSA) is 15.6 Å². The molecule has 3 rings (SSSR count). The van der Waals surface area contributed by atoms with E-state index in [1.54, 1.807) is 0 Å².